The van der Waals surface area contributed by atoms with Crippen molar-refractivity contribution in [1.29, 1.82) is 0 Å². The van der Waals surface area contributed by atoms with Gasteiger partial charge in [-0.3, -0.25) is 9.97 Å². The second-order valence-electron chi connectivity index (χ2n) is 4.92. The van der Waals surface area contributed by atoms with Gasteiger partial charge in [-0.2, -0.15) is 0 Å². The van der Waals surface area contributed by atoms with Gasteiger partial charge in [0.2, 0.25) is 0 Å². The molecule has 0 saturated heterocycles. The summed E-state index contributed by atoms with van der Waals surface area (Å²) in [4.78, 5) is 8.65. The first-order valence-corrected chi connectivity index (χ1v) is 6.43. The number of aryl methyl sites for hydroxylation is 1. The van der Waals surface area contributed by atoms with E-state index in [0.717, 1.165) is 19.3 Å². The molecule has 3 heteroatoms. The van der Waals surface area contributed by atoms with Gasteiger partial charge in [0.25, 0.3) is 0 Å². The van der Waals surface area contributed by atoms with Gasteiger partial charge in [0.1, 0.15) is 0 Å². The Morgan fingerprint density at radius 1 is 1.28 bits per heavy atom. The Labute approximate surface area is 107 Å². The molecule has 0 radical (unpaired) electrons. The number of fused-ring (bicyclic) bond motifs is 1. The molecule has 2 heterocycles. The number of pyridine rings is 2. The first-order valence-electron chi connectivity index (χ1n) is 6.43. The molecule has 0 bridgehead atoms. The average molecular weight is 239 g/mol. The lowest BCUT2D eigenvalue weighted by atomic mass is 9.93. The Morgan fingerprint density at radius 3 is 3.00 bits per heavy atom. The Hall–Kier alpha value is -1.74. The molecule has 92 valence electrons. The molecule has 2 aromatic rings. The summed E-state index contributed by atoms with van der Waals surface area (Å²) in [6.07, 6.45) is 8.65. The zero-order chi connectivity index (χ0) is 12.4. The van der Waals surface area contributed by atoms with Gasteiger partial charge in [-0.15, -0.1) is 0 Å². The molecule has 0 spiro atoms. The van der Waals surface area contributed by atoms with Crippen molar-refractivity contribution < 1.29 is 0 Å². The molecule has 0 aromatic carbocycles. The summed E-state index contributed by atoms with van der Waals surface area (Å²) in [5, 5.41) is 0. The van der Waals surface area contributed by atoms with Crippen LogP contribution in [-0.4, -0.2) is 16.0 Å². The van der Waals surface area contributed by atoms with E-state index in [2.05, 4.69) is 22.1 Å². The van der Waals surface area contributed by atoms with Crippen molar-refractivity contribution in [1.82, 2.24) is 9.97 Å². The largest absolute Gasteiger partial charge is 0.327 e. The quantitative estimate of drug-likeness (QED) is 0.892. The van der Waals surface area contributed by atoms with Crippen LogP contribution in [0.1, 0.15) is 29.2 Å². The van der Waals surface area contributed by atoms with Crippen LogP contribution in [0.25, 0.3) is 0 Å². The second kappa shape index (κ2) is 4.86. The van der Waals surface area contributed by atoms with Crippen LogP contribution in [-0.2, 0) is 12.8 Å². The summed E-state index contributed by atoms with van der Waals surface area (Å²) in [6, 6.07) is 8.35. The molecule has 0 fully saturated rings. The number of nitrogens with two attached hydrogens (primary N) is 1. The predicted molar refractivity (Wildman–Crippen MR) is 71.2 cm³/mol. The SMILES string of the molecule is NC(Cc1cccnc1)C1CCc2cccnc21. The van der Waals surface area contributed by atoms with E-state index in [4.69, 9.17) is 5.73 Å². The number of hydrogen-bond donors (Lipinski definition) is 1. The summed E-state index contributed by atoms with van der Waals surface area (Å²) >= 11 is 0. The molecular weight excluding hydrogens is 222 g/mol. The monoisotopic (exact) mass is 239 g/mol. The van der Waals surface area contributed by atoms with Crippen LogP contribution in [0.2, 0.25) is 0 Å². The highest BCUT2D eigenvalue weighted by atomic mass is 14.8. The molecule has 18 heavy (non-hydrogen) atoms. The highest BCUT2D eigenvalue weighted by Crippen LogP contribution is 2.33. The summed E-state index contributed by atoms with van der Waals surface area (Å²) < 4.78 is 0. The highest BCUT2D eigenvalue weighted by Gasteiger charge is 2.28. The average Bonchev–Trinajstić information content (AvgIpc) is 2.84. The third-order valence-corrected chi connectivity index (χ3v) is 3.71. The molecular formula is C15H17N3. The van der Waals surface area contributed by atoms with E-state index in [1.807, 2.05) is 24.5 Å². The van der Waals surface area contributed by atoms with Gasteiger partial charge in [0.05, 0.1) is 0 Å². The minimum absolute atomic E-state index is 0.130. The van der Waals surface area contributed by atoms with Gasteiger partial charge in [-0.25, -0.2) is 0 Å². The topological polar surface area (TPSA) is 51.8 Å². The fourth-order valence-corrected chi connectivity index (χ4v) is 2.79. The van der Waals surface area contributed by atoms with E-state index in [0.29, 0.717) is 5.92 Å². The van der Waals surface area contributed by atoms with Gasteiger partial charge < -0.3 is 5.73 Å². The van der Waals surface area contributed by atoms with E-state index < -0.39 is 0 Å². The van der Waals surface area contributed by atoms with E-state index in [-0.39, 0.29) is 6.04 Å². The Kier molecular flexibility index (Phi) is 3.07. The van der Waals surface area contributed by atoms with Crippen LogP contribution in [0, 0.1) is 0 Å². The minimum Gasteiger partial charge on any atom is -0.327 e. The molecule has 1 aliphatic carbocycles. The van der Waals surface area contributed by atoms with Crippen LogP contribution in [0.5, 0.6) is 0 Å². The van der Waals surface area contributed by atoms with Crippen molar-refractivity contribution in [3.8, 4) is 0 Å². The van der Waals surface area contributed by atoms with E-state index in [9.17, 15) is 0 Å². The maximum Gasteiger partial charge on any atom is 0.0482 e. The lowest BCUT2D eigenvalue weighted by Gasteiger charge is -2.19. The lowest BCUT2D eigenvalue weighted by molar-refractivity contribution is 0.516. The fourth-order valence-electron chi connectivity index (χ4n) is 2.79. The van der Waals surface area contributed by atoms with Gasteiger partial charge in [-0.1, -0.05) is 12.1 Å². The zero-order valence-corrected chi connectivity index (χ0v) is 10.3. The normalized spacial score (nSPS) is 19.5. The first-order chi connectivity index (χ1) is 8.84. The number of aromatic nitrogens is 2. The lowest BCUT2D eigenvalue weighted by Crippen LogP contribution is -2.30. The van der Waals surface area contributed by atoms with Crippen LogP contribution >= 0.6 is 0 Å². The zero-order valence-electron chi connectivity index (χ0n) is 10.3. The molecule has 0 amide bonds. The van der Waals surface area contributed by atoms with E-state index in [1.54, 1.807) is 6.20 Å². The van der Waals surface area contributed by atoms with E-state index >= 15 is 0 Å². The van der Waals surface area contributed by atoms with Crippen LogP contribution in [0.15, 0.2) is 42.9 Å². The third kappa shape index (κ3) is 2.14. The molecule has 1 aliphatic rings. The van der Waals surface area contributed by atoms with Gasteiger partial charge in [-0.05, 0) is 42.5 Å². The molecule has 2 N–H and O–H groups in total. The van der Waals surface area contributed by atoms with Crippen molar-refractivity contribution in [2.45, 2.75) is 31.2 Å². The Bertz CT molecular complexity index is 524. The molecule has 2 unspecified atom stereocenters. The minimum atomic E-state index is 0.130. The Morgan fingerprint density at radius 2 is 2.17 bits per heavy atom. The van der Waals surface area contributed by atoms with Crippen molar-refractivity contribution >= 4 is 0 Å². The Balaban J connectivity index is 1.77. The van der Waals surface area contributed by atoms with Gasteiger partial charge >= 0.3 is 0 Å². The molecule has 0 aliphatic heterocycles. The van der Waals surface area contributed by atoms with Crippen molar-refractivity contribution in [2.24, 2.45) is 5.73 Å². The number of hydrogen-bond acceptors (Lipinski definition) is 3. The van der Waals surface area contributed by atoms with Gasteiger partial charge in [0, 0.05) is 36.2 Å². The molecule has 2 atom stereocenters. The summed E-state index contributed by atoms with van der Waals surface area (Å²) in [5.74, 6) is 0.390. The maximum absolute atomic E-state index is 6.36. The smallest absolute Gasteiger partial charge is 0.0482 e. The standard InChI is InChI=1S/C15H17N3/c16-14(9-11-3-1-7-17-10-11)13-6-5-12-4-2-8-18-15(12)13/h1-4,7-8,10,13-14H,5-6,9,16H2. The predicted octanol–water partition coefficient (Wildman–Crippen LogP) is 2.08. The molecule has 0 saturated carbocycles. The first kappa shape index (κ1) is 11.4. The van der Waals surface area contributed by atoms with Crippen molar-refractivity contribution in [2.75, 3.05) is 0 Å². The highest BCUT2D eigenvalue weighted by molar-refractivity contribution is 5.30. The summed E-state index contributed by atoms with van der Waals surface area (Å²) in [6.45, 7) is 0. The third-order valence-electron chi connectivity index (χ3n) is 3.71. The van der Waals surface area contributed by atoms with E-state index in [1.165, 1.54) is 16.8 Å². The van der Waals surface area contributed by atoms with Crippen LogP contribution in [0.4, 0.5) is 0 Å². The van der Waals surface area contributed by atoms with Crippen molar-refractivity contribution in [3.63, 3.8) is 0 Å². The molecule has 3 nitrogen and oxygen atoms in total. The fraction of sp³-hybridized carbons (Fsp3) is 0.333. The molecule has 2 aromatic heterocycles. The summed E-state index contributed by atoms with van der Waals surface area (Å²) in [7, 11) is 0. The number of rotatable bonds is 3. The number of nitrogens with zero attached hydrogens (tertiary/aromatic N) is 2. The molecule has 3 rings (SSSR count). The van der Waals surface area contributed by atoms with Crippen LogP contribution in [0.3, 0.4) is 0 Å². The maximum atomic E-state index is 6.36. The van der Waals surface area contributed by atoms with Gasteiger partial charge in [0.15, 0.2) is 0 Å². The van der Waals surface area contributed by atoms with Crippen LogP contribution < -0.4 is 5.73 Å². The van der Waals surface area contributed by atoms with Crippen molar-refractivity contribution in [3.05, 3.63) is 59.7 Å². The second-order valence-corrected chi connectivity index (χ2v) is 4.92. The summed E-state index contributed by atoms with van der Waals surface area (Å²) in [5.41, 5.74) is 10.1.